The van der Waals surface area contributed by atoms with Gasteiger partial charge < -0.3 is 10.4 Å². The van der Waals surface area contributed by atoms with Crippen LogP contribution in [0, 0.1) is 5.92 Å². The van der Waals surface area contributed by atoms with Crippen molar-refractivity contribution in [3.63, 3.8) is 0 Å². The zero-order valence-electron chi connectivity index (χ0n) is 14.3. The van der Waals surface area contributed by atoms with Gasteiger partial charge in [-0.15, -0.1) is 0 Å². The third kappa shape index (κ3) is 8.10. The molecule has 3 nitrogen and oxygen atoms in total. The van der Waals surface area contributed by atoms with Gasteiger partial charge in [-0.2, -0.15) is 13.2 Å². The summed E-state index contributed by atoms with van der Waals surface area (Å²) in [5.74, 6) is -1.11. The smallest absolute Gasteiger partial charge is 0.416 e. The van der Waals surface area contributed by atoms with Crippen molar-refractivity contribution in [2.45, 2.75) is 51.6 Å². The summed E-state index contributed by atoms with van der Waals surface area (Å²) in [7, 11) is 0. The van der Waals surface area contributed by atoms with E-state index in [2.05, 4.69) is 5.32 Å². The van der Waals surface area contributed by atoms with Crippen LogP contribution >= 0.6 is 11.6 Å². The third-order valence-electron chi connectivity index (χ3n) is 4.10. The first-order valence-corrected chi connectivity index (χ1v) is 8.92. The van der Waals surface area contributed by atoms with E-state index in [4.69, 9.17) is 16.7 Å². The predicted molar refractivity (Wildman–Crippen MR) is 92.9 cm³/mol. The molecule has 0 fully saturated rings. The molecule has 142 valence electrons. The maximum Gasteiger partial charge on any atom is 0.416 e. The first-order valence-electron chi connectivity index (χ1n) is 8.54. The highest BCUT2D eigenvalue weighted by molar-refractivity contribution is 6.31. The van der Waals surface area contributed by atoms with Gasteiger partial charge in [0.05, 0.1) is 11.5 Å². The highest BCUT2D eigenvalue weighted by Gasteiger charge is 2.30. The standard InChI is InChI=1S/C18H25ClF3NO2/c1-2-3-5-13(17(24)25)9-11-23-10-4-6-14-12-15(18(20,21)22)7-8-16(14)19/h7-8,12-13,23H,2-6,9-11H2,1H3,(H,24,25). The van der Waals surface area contributed by atoms with Gasteiger partial charge in [0.15, 0.2) is 0 Å². The van der Waals surface area contributed by atoms with E-state index in [0.29, 0.717) is 49.4 Å². The molecule has 0 heterocycles. The summed E-state index contributed by atoms with van der Waals surface area (Å²) < 4.78 is 38.1. The normalized spacial score (nSPS) is 13.0. The van der Waals surface area contributed by atoms with E-state index in [1.165, 1.54) is 6.07 Å². The Hall–Kier alpha value is -1.27. The minimum Gasteiger partial charge on any atom is -0.481 e. The van der Waals surface area contributed by atoms with Crippen LogP contribution < -0.4 is 5.32 Å². The van der Waals surface area contributed by atoms with Crippen LogP contribution in [0.3, 0.4) is 0 Å². The van der Waals surface area contributed by atoms with Gasteiger partial charge in [-0.25, -0.2) is 0 Å². The van der Waals surface area contributed by atoms with E-state index in [1.807, 2.05) is 6.92 Å². The van der Waals surface area contributed by atoms with Crippen molar-refractivity contribution in [3.05, 3.63) is 34.3 Å². The second-order valence-corrected chi connectivity index (χ2v) is 6.53. The number of aliphatic carboxylic acids is 1. The van der Waals surface area contributed by atoms with Gasteiger partial charge in [-0.05, 0) is 62.5 Å². The lowest BCUT2D eigenvalue weighted by molar-refractivity contribution is -0.142. The Bertz CT molecular complexity index is 550. The molecule has 0 aliphatic rings. The van der Waals surface area contributed by atoms with E-state index < -0.39 is 17.7 Å². The molecule has 7 heteroatoms. The molecule has 0 radical (unpaired) electrons. The van der Waals surface area contributed by atoms with Crippen LogP contribution in [0.25, 0.3) is 0 Å². The second kappa shape index (κ2) is 10.7. The Morgan fingerprint density at radius 1 is 1.24 bits per heavy atom. The number of carbonyl (C=O) groups is 1. The summed E-state index contributed by atoms with van der Waals surface area (Å²) in [5.41, 5.74) is -0.218. The molecule has 25 heavy (non-hydrogen) atoms. The molecule has 1 rings (SSSR count). The quantitative estimate of drug-likeness (QED) is 0.522. The zero-order valence-corrected chi connectivity index (χ0v) is 15.1. The number of alkyl halides is 3. The van der Waals surface area contributed by atoms with Crippen molar-refractivity contribution in [3.8, 4) is 0 Å². The molecular formula is C18H25ClF3NO2. The molecule has 0 saturated carbocycles. The van der Waals surface area contributed by atoms with Gasteiger partial charge in [0.25, 0.3) is 0 Å². The Kier molecular flexibility index (Phi) is 9.28. The summed E-state index contributed by atoms with van der Waals surface area (Å²) in [6.45, 7) is 3.21. The Labute approximate surface area is 151 Å². The summed E-state index contributed by atoms with van der Waals surface area (Å²) in [6.07, 6.45) is -0.212. The Morgan fingerprint density at radius 2 is 1.96 bits per heavy atom. The molecule has 1 atom stereocenters. The van der Waals surface area contributed by atoms with Crippen LogP contribution in [0.2, 0.25) is 5.02 Å². The van der Waals surface area contributed by atoms with Crippen LogP contribution in [0.4, 0.5) is 13.2 Å². The van der Waals surface area contributed by atoms with Crippen LogP contribution in [0.5, 0.6) is 0 Å². The first-order chi connectivity index (χ1) is 11.8. The molecule has 0 aliphatic carbocycles. The molecule has 0 saturated heterocycles. The van der Waals surface area contributed by atoms with Crippen molar-refractivity contribution in [1.82, 2.24) is 5.32 Å². The maximum atomic E-state index is 12.7. The van der Waals surface area contributed by atoms with Gasteiger partial charge >= 0.3 is 12.1 Å². The number of hydrogen-bond donors (Lipinski definition) is 2. The van der Waals surface area contributed by atoms with E-state index >= 15 is 0 Å². The fraction of sp³-hybridized carbons (Fsp3) is 0.611. The van der Waals surface area contributed by atoms with Gasteiger partial charge in [0.1, 0.15) is 0 Å². The van der Waals surface area contributed by atoms with Gasteiger partial charge in [0.2, 0.25) is 0 Å². The summed E-state index contributed by atoms with van der Waals surface area (Å²) in [5, 5.41) is 12.6. The van der Waals surface area contributed by atoms with Crippen molar-refractivity contribution in [2.24, 2.45) is 5.92 Å². The predicted octanol–water partition coefficient (Wildman–Crippen LogP) is 5.16. The highest BCUT2D eigenvalue weighted by atomic mass is 35.5. The summed E-state index contributed by atoms with van der Waals surface area (Å²) in [4.78, 5) is 11.1. The van der Waals surface area contributed by atoms with E-state index in [-0.39, 0.29) is 5.92 Å². The summed E-state index contributed by atoms with van der Waals surface area (Å²) in [6, 6.07) is 3.35. The maximum absolute atomic E-state index is 12.7. The van der Waals surface area contributed by atoms with Crippen molar-refractivity contribution < 1.29 is 23.1 Å². The zero-order chi connectivity index (χ0) is 18.9. The molecule has 1 aromatic carbocycles. The molecule has 0 aromatic heterocycles. The number of unbranched alkanes of at least 4 members (excludes halogenated alkanes) is 1. The average molecular weight is 380 g/mol. The molecule has 0 spiro atoms. The first kappa shape index (κ1) is 21.8. The van der Waals surface area contributed by atoms with E-state index in [1.54, 1.807) is 0 Å². The number of halogens is 4. The van der Waals surface area contributed by atoms with E-state index in [0.717, 1.165) is 25.0 Å². The fourth-order valence-electron chi connectivity index (χ4n) is 2.59. The summed E-state index contributed by atoms with van der Waals surface area (Å²) >= 11 is 5.96. The third-order valence-corrected chi connectivity index (χ3v) is 4.47. The van der Waals surface area contributed by atoms with Crippen LogP contribution in [-0.4, -0.2) is 24.2 Å². The number of hydrogen-bond acceptors (Lipinski definition) is 2. The number of carboxylic acids is 1. The minimum atomic E-state index is -4.37. The van der Waals surface area contributed by atoms with Gasteiger partial charge in [0, 0.05) is 5.02 Å². The SMILES string of the molecule is CCCCC(CCNCCCc1cc(C(F)(F)F)ccc1Cl)C(=O)O. The average Bonchev–Trinajstić information content (AvgIpc) is 2.53. The van der Waals surface area contributed by atoms with Crippen LogP contribution in [-0.2, 0) is 17.4 Å². The molecule has 0 amide bonds. The van der Waals surface area contributed by atoms with Crippen molar-refractivity contribution in [2.75, 3.05) is 13.1 Å². The number of nitrogens with one attached hydrogen (secondary N) is 1. The highest BCUT2D eigenvalue weighted by Crippen LogP contribution is 2.32. The van der Waals surface area contributed by atoms with Gasteiger partial charge in [-0.3, -0.25) is 4.79 Å². The molecule has 0 bridgehead atoms. The number of benzene rings is 1. The molecule has 1 aromatic rings. The lowest BCUT2D eigenvalue weighted by Crippen LogP contribution is -2.23. The van der Waals surface area contributed by atoms with E-state index in [9.17, 15) is 18.0 Å². The van der Waals surface area contributed by atoms with Gasteiger partial charge in [-0.1, -0.05) is 31.4 Å². The lowest BCUT2D eigenvalue weighted by atomic mass is 9.99. The monoisotopic (exact) mass is 379 g/mol. The molecular weight excluding hydrogens is 355 g/mol. The van der Waals surface area contributed by atoms with Crippen molar-refractivity contribution >= 4 is 17.6 Å². The number of aryl methyl sites for hydroxylation is 1. The fourth-order valence-corrected chi connectivity index (χ4v) is 2.80. The Balaban J connectivity index is 2.35. The topological polar surface area (TPSA) is 49.3 Å². The second-order valence-electron chi connectivity index (χ2n) is 6.12. The van der Waals surface area contributed by atoms with Crippen LogP contribution in [0.15, 0.2) is 18.2 Å². The number of rotatable bonds is 11. The minimum absolute atomic E-state index is 0.332. The largest absolute Gasteiger partial charge is 0.481 e. The molecule has 0 aliphatic heterocycles. The van der Waals surface area contributed by atoms with Crippen LogP contribution in [0.1, 0.15) is 50.2 Å². The Morgan fingerprint density at radius 3 is 2.56 bits per heavy atom. The number of carboxylic acid groups (broad SMARTS) is 1. The molecule has 1 unspecified atom stereocenters. The molecule has 2 N–H and O–H groups in total. The lowest BCUT2D eigenvalue weighted by Gasteiger charge is -2.13. The van der Waals surface area contributed by atoms with Crippen molar-refractivity contribution in [1.29, 1.82) is 0 Å².